The number of carbonyl (C=O) groups is 2. The first kappa shape index (κ1) is 9.26. The van der Waals surface area contributed by atoms with Crippen LogP contribution in [0.2, 0.25) is 0 Å². The van der Waals surface area contributed by atoms with Crippen molar-refractivity contribution >= 4 is 28.4 Å². The van der Waals surface area contributed by atoms with Gasteiger partial charge in [-0.2, -0.15) is 0 Å². The molecule has 0 spiro atoms. The van der Waals surface area contributed by atoms with Crippen LogP contribution < -0.4 is 0 Å². The molecule has 0 saturated carbocycles. The van der Waals surface area contributed by atoms with Crippen LogP contribution in [0.3, 0.4) is 0 Å². The lowest BCUT2D eigenvalue weighted by atomic mass is 10.4. The third-order valence-corrected chi connectivity index (χ3v) is 2.05. The van der Waals surface area contributed by atoms with E-state index in [0.29, 0.717) is 11.3 Å². The summed E-state index contributed by atoms with van der Waals surface area (Å²) in [5, 5.41) is 19.7. The van der Waals surface area contributed by atoms with E-state index in [1.54, 1.807) is 0 Å². The molecule has 0 aliphatic heterocycles. The molecule has 0 aliphatic rings. The number of aromatic nitrogens is 1. The highest BCUT2D eigenvalue weighted by Gasteiger charge is 2.22. The lowest BCUT2D eigenvalue weighted by molar-refractivity contribution is 0.0651. The molecule has 0 saturated heterocycles. The predicted octanol–water partition coefficient (Wildman–Crippen LogP) is 1.20. The molecule has 0 aromatic carbocycles. The Morgan fingerprint density at radius 3 is 2.31 bits per heavy atom. The molecular weight excluding hydrogens is 198 g/mol. The molecule has 3 N–H and O–H groups in total. The fourth-order valence-corrected chi connectivity index (χ4v) is 1.33. The van der Waals surface area contributed by atoms with E-state index >= 15 is 0 Å². The van der Waals surface area contributed by atoms with Gasteiger partial charge in [-0.15, -0.1) is 5.11 Å². The van der Waals surface area contributed by atoms with Gasteiger partial charge in [0.25, 0.3) is 0 Å². The fourth-order valence-electron chi connectivity index (χ4n) is 0.647. The molecule has 0 bridgehead atoms. The van der Waals surface area contributed by atoms with Crippen LogP contribution in [0.1, 0.15) is 20.2 Å². The zero-order chi connectivity index (χ0) is 10.0. The highest BCUT2D eigenvalue weighted by Crippen LogP contribution is 2.25. The largest absolute Gasteiger partial charge is 0.477 e. The maximum atomic E-state index is 10.5. The van der Waals surface area contributed by atoms with Gasteiger partial charge in [-0.25, -0.2) is 20.1 Å². The van der Waals surface area contributed by atoms with Gasteiger partial charge in [0, 0.05) is 0 Å². The number of aromatic carboxylic acids is 2. The van der Waals surface area contributed by atoms with E-state index < -0.39 is 22.5 Å². The molecule has 68 valence electrons. The van der Waals surface area contributed by atoms with Crippen molar-refractivity contribution in [2.24, 2.45) is 5.11 Å². The molecule has 0 amide bonds. The van der Waals surface area contributed by atoms with E-state index in [2.05, 4.69) is 10.1 Å². The minimum Gasteiger partial charge on any atom is -0.477 e. The zero-order valence-corrected chi connectivity index (χ0v) is 6.83. The van der Waals surface area contributed by atoms with Crippen molar-refractivity contribution in [2.75, 3.05) is 0 Å². The molecule has 1 aromatic rings. The third kappa shape index (κ3) is 1.67. The SMILES string of the molecule is N=Nc1nc(C(=O)O)c(C(=O)O)s1. The highest BCUT2D eigenvalue weighted by atomic mass is 32.1. The van der Waals surface area contributed by atoms with E-state index in [0.717, 1.165) is 0 Å². The van der Waals surface area contributed by atoms with Gasteiger partial charge < -0.3 is 10.2 Å². The van der Waals surface area contributed by atoms with Gasteiger partial charge in [-0.1, -0.05) is 11.3 Å². The molecule has 7 nitrogen and oxygen atoms in total. The molecule has 8 heteroatoms. The highest BCUT2D eigenvalue weighted by molar-refractivity contribution is 7.17. The van der Waals surface area contributed by atoms with Gasteiger partial charge >= 0.3 is 11.9 Å². The normalized spacial score (nSPS) is 9.54. The first-order valence-electron chi connectivity index (χ1n) is 2.91. The molecule has 0 radical (unpaired) electrons. The van der Waals surface area contributed by atoms with Crippen LogP contribution >= 0.6 is 11.3 Å². The molecule has 0 atom stereocenters. The van der Waals surface area contributed by atoms with E-state index in [4.69, 9.17) is 15.7 Å². The van der Waals surface area contributed by atoms with E-state index in [1.165, 1.54) is 0 Å². The Labute approximate surface area is 75.2 Å². The van der Waals surface area contributed by atoms with Crippen LogP contribution in [-0.4, -0.2) is 27.1 Å². The van der Waals surface area contributed by atoms with Crippen LogP contribution in [-0.2, 0) is 0 Å². The minimum atomic E-state index is -1.44. The van der Waals surface area contributed by atoms with Gasteiger partial charge in [0.15, 0.2) is 5.69 Å². The molecule has 0 aliphatic carbocycles. The van der Waals surface area contributed by atoms with Gasteiger partial charge in [0.2, 0.25) is 5.13 Å². The number of hydrogen-bond donors (Lipinski definition) is 3. The summed E-state index contributed by atoms with van der Waals surface area (Å²) in [5.74, 6) is -2.83. The summed E-state index contributed by atoms with van der Waals surface area (Å²) < 4.78 is 0. The Morgan fingerprint density at radius 1 is 1.38 bits per heavy atom. The maximum Gasteiger partial charge on any atom is 0.356 e. The Hall–Kier alpha value is -1.83. The molecule has 1 aromatic heterocycles. The Bertz CT molecular complexity index is 354. The number of nitrogens with zero attached hydrogens (tertiary/aromatic N) is 2. The predicted molar refractivity (Wildman–Crippen MR) is 40.8 cm³/mol. The lowest BCUT2D eigenvalue weighted by Crippen LogP contribution is -2.05. The summed E-state index contributed by atoms with van der Waals surface area (Å²) >= 11 is 0.550. The number of carboxylic acids is 2. The quantitative estimate of drug-likeness (QED) is 0.634. The van der Waals surface area contributed by atoms with Crippen molar-refractivity contribution in [2.45, 2.75) is 0 Å². The topological polar surface area (TPSA) is 124 Å². The molecule has 1 rings (SSSR count). The van der Waals surface area contributed by atoms with Crippen LogP contribution in [0.25, 0.3) is 0 Å². The second-order valence-corrected chi connectivity index (χ2v) is 2.87. The van der Waals surface area contributed by atoms with E-state index in [9.17, 15) is 9.59 Å². The van der Waals surface area contributed by atoms with Crippen LogP contribution in [0, 0.1) is 5.53 Å². The van der Waals surface area contributed by atoms with E-state index in [1.807, 2.05) is 0 Å². The molecule has 13 heavy (non-hydrogen) atoms. The first-order valence-corrected chi connectivity index (χ1v) is 3.72. The van der Waals surface area contributed by atoms with Crippen LogP contribution in [0.15, 0.2) is 5.11 Å². The molecule has 0 fully saturated rings. The third-order valence-electron chi connectivity index (χ3n) is 1.11. The second kappa shape index (κ2) is 3.27. The lowest BCUT2D eigenvalue weighted by Gasteiger charge is -1.87. The minimum absolute atomic E-state index is 0.185. The maximum absolute atomic E-state index is 10.5. The summed E-state index contributed by atoms with van der Waals surface area (Å²) in [6, 6.07) is 0. The molecule has 1 heterocycles. The Balaban J connectivity index is 3.31. The standard InChI is InChI=1S/C5H3N3O4S/c6-8-5-7-1(3(9)10)2(13-5)4(11)12/h6H,(H,9,10)(H,11,12). The molecular formula is C5H3N3O4S. The summed E-state index contributed by atoms with van der Waals surface area (Å²) in [5.41, 5.74) is 5.94. The number of carboxylic acid groups (broad SMARTS) is 2. The van der Waals surface area contributed by atoms with Crippen LogP contribution in [0.4, 0.5) is 5.13 Å². The van der Waals surface area contributed by atoms with Crippen molar-refractivity contribution in [3.8, 4) is 0 Å². The van der Waals surface area contributed by atoms with Crippen molar-refractivity contribution in [1.82, 2.24) is 4.98 Å². The number of thiazole rings is 1. The smallest absolute Gasteiger partial charge is 0.356 e. The Kier molecular flexibility index (Phi) is 2.33. The Morgan fingerprint density at radius 2 is 2.00 bits per heavy atom. The monoisotopic (exact) mass is 201 g/mol. The van der Waals surface area contributed by atoms with Crippen LogP contribution in [0.5, 0.6) is 0 Å². The van der Waals surface area contributed by atoms with Gasteiger partial charge in [-0.3, -0.25) is 0 Å². The summed E-state index contributed by atoms with van der Waals surface area (Å²) in [7, 11) is 0. The van der Waals surface area contributed by atoms with Crippen molar-refractivity contribution in [3.63, 3.8) is 0 Å². The summed E-state index contributed by atoms with van der Waals surface area (Å²) in [6.07, 6.45) is 0. The van der Waals surface area contributed by atoms with Gasteiger partial charge in [-0.05, 0) is 0 Å². The number of hydrogen-bond acceptors (Lipinski definition) is 6. The van der Waals surface area contributed by atoms with Crippen molar-refractivity contribution in [1.29, 1.82) is 5.53 Å². The van der Waals surface area contributed by atoms with Crippen molar-refractivity contribution in [3.05, 3.63) is 10.6 Å². The first-order chi connectivity index (χ1) is 6.06. The zero-order valence-electron chi connectivity index (χ0n) is 6.01. The van der Waals surface area contributed by atoms with E-state index in [-0.39, 0.29) is 5.13 Å². The van der Waals surface area contributed by atoms with Gasteiger partial charge in [0.1, 0.15) is 4.88 Å². The second-order valence-electron chi connectivity index (χ2n) is 1.90. The number of rotatable bonds is 3. The fraction of sp³-hybridized carbons (Fsp3) is 0. The molecule has 0 unspecified atom stereocenters. The van der Waals surface area contributed by atoms with Gasteiger partial charge in [0.05, 0.1) is 0 Å². The van der Waals surface area contributed by atoms with Crippen molar-refractivity contribution < 1.29 is 19.8 Å². The summed E-state index contributed by atoms with van der Waals surface area (Å²) in [6.45, 7) is 0. The summed E-state index contributed by atoms with van der Waals surface area (Å²) in [4.78, 5) is 23.8. The average Bonchev–Trinajstić information content (AvgIpc) is 2.47. The number of nitrogens with one attached hydrogen (secondary N) is 1. The average molecular weight is 201 g/mol.